The summed E-state index contributed by atoms with van der Waals surface area (Å²) < 4.78 is 27.3. The van der Waals surface area contributed by atoms with Gasteiger partial charge in [0, 0.05) is 22.0 Å². The number of hydrogen-bond donors (Lipinski definition) is 1. The van der Waals surface area contributed by atoms with Crippen LogP contribution in [0.1, 0.15) is 17.0 Å². The molecule has 0 spiro atoms. The number of nitrogens with one attached hydrogen (secondary N) is 1. The van der Waals surface area contributed by atoms with Crippen molar-refractivity contribution >= 4 is 62.6 Å². The van der Waals surface area contributed by atoms with Crippen LogP contribution in [0, 0.1) is 13.8 Å². The quantitative estimate of drug-likeness (QED) is 0.348. The van der Waals surface area contributed by atoms with Crippen molar-refractivity contribution in [3.63, 3.8) is 0 Å². The van der Waals surface area contributed by atoms with Crippen LogP contribution in [-0.2, 0) is 14.8 Å². The molecule has 0 saturated carbocycles. The summed E-state index contributed by atoms with van der Waals surface area (Å²) in [5, 5.41) is 5.30. The molecular weight excluding hydrogens is 507 g/mol. The van der Waals surface area contributed by atoms with Gasteiger partial charge in [0.25, 0.3) is 5.91 Å². The molecule has 0 aliphatic carbocycles. The molecule has 11 heteroatoms. The second kappa shape index (κ2) is 10.2. The summed E-state index contributed by atoms with van der Waals surface area (Å²) in [4.78, 5) is 12.4. The molecule has 0 radical (unpaired) electrons. The van der Waals surface area contributed by atoms with Crippen LogP contribution < -0.4 is 9.73 Å². The standard InChI is InChI=1S/C22H21Cl3N4O3S/c1-14-10-16(15(2)29(14)21-11-17(23)8-9-19(21)25)12-26-27-22(30)13-28(33(3,31)32)20-7-5-4-6-18(20)24/h4-12H,13H2,1-3H3,(H,27,30)/b26-12-. The van der Waals surface area contributed by atoms with E-state index in [0.717, 1.165) is 33.2 Å². The van der Waals surface area contributed by atoms with Crippen molar-refractivity contribution in [2.75, 3.05) is 17.1 Å². The van der Waals surface area contributed by atoms with Crippen LogP contribution in [-0.4, -0.2) is 37.9 Å². The highest BCUT2D eigenvalue weighted by Crippen LogP contribution is 2.29. The number of hydrazone groups is 1. The topological polar surface area (TPSA) is 83.8 Å². The number of sulfonamides is 1. The Morgan fingerprint density at radius 1 is 1.09 bits per heavy atom. The molecule has 0 saturated heterocycles. The molecule has 0 atom stereocenters. The Labute approximate surface area is 207 Å². The van der Waals surface area contributed by atoms with Crippen molar-refractivity contribution in [1.82, 2.24) is 9.99 Å². The van der Waals surface area contributed by atoms with Gasteiger partial charge in [0.05, 0.1) is 33.9 Å². The minimum absolute atomic E-state index is 0.211. The lowest BCUT2D eigenvalue weighted by Gasteiger charge is -2.22. The van der Waals surface area contributed by atoms with Crippen LogP contribution in [0.5, 0.6) is 0 Å². The van der Waals surface area contributed by atoms with Crippen molar-refractivity contribution in [3.05, 3.63) is 80.6 Å². The van der Waals surface area contributed by atoms with Crippen LogP contribution in [0.3, 0.4) is 0 Å². The summed E-state index contributed by atoms with van der Waals surface area (Å²) in [5.74, 6) is -0.622. The average Bonchev–Trinajstić information content (AvgIpc) is 3.01. The van der Waals surface area contributed by atoms with Gasteiger partial charge in [-0.25, -0.2) is 13.8 Å². The summed E-state index contributed by atoms with van der Waals surface area (Å²) in [6, 6.07) is 13.5. The van der Waals surface area contributed by atoms with E-state index in [1.807, 2.05) is 24.5 Å². The summed E-state index contributed by atoms with van der Waals surface area (Å²) >= 11 is 18.6. The van der Waals surface area contributed by atoms with Gasteiger partial charge in [-0.2, -0.15) is 5.10 Å². The van der Waals surface area contributed by atoms with E-state index in [0.29, 0.717) is 10.0 Å². The van der Waals surface area contributed by atoms with Crippen LogP contribution in [0.15, 0.2) is 53.6 Å². The maximum absolute atomic E-state index is 12.4. The maximum atomic E-state index is 12.4. The Morgan fingerprint density at radius 2 is 1.79 bits per heavy atom. The summed E-state index contributed by atoms with van der Waals surface area (Å²) in [6.07, 6.45) is 2.48. The van der Waals surface area contributed by atoms with Gasteiger partial charge in [-0.05, 0) is 50.2 Å². The number of carbonyl (C=O) groups is 1. The molecule has 2 aromatic carbocycles. The molecular formula is C22H21Cl3N4O3S. The molecule has 1 heterocycles. The molecule has 0 aliphatic heterocycles. The largest absolute Gasteiger partial charge is 0.316 e. The summed E-state index contributed by atoms with van der Waals surface area (Å²) in [7, 11) is -3.75. The van der Waals surface area contributed by atoms with Crippen LogP contribution in [0.25, 0.3) is 5.69 Å². The van der Waals surface area contributed by atoms with E-state index in [9.17, 15) is 13.2 Å². The predicted octanol–water partition coefficient (Wildman–Crippen LogP) is 4.97. The van der Waals surface area contributed by atoms with Crippen molar-refractivity contribution in [2.45, 2.75) is 13.8 Å². The third-order valence-corrected chi connectivity index (χ3v) is 6.82. The second-order valence-corrected chi connectivity index (χ2v) is 10.4. The Bertz CT molecular complexity index is 1340. The van der Waals surface area contributed by atoms with Gasteiger partial charge in [0.1, 0.15) is 6.54 Å². The van der Waals surface area contributed by atoms with Gasteiger partial charge >= 0.3 is 0 Å². The number of nitrogens with zero attached hydrogens (tertiary/aromatic N) is 3. The molecule has 0 unspecified atom stereocenters. The fourth-order valence-corrected chi connectivity index (χ4v) is 4.85. The van der Waals surface area contributed by atoms with Gasteiger partial charge in [0.2, 0.25) is 10.0 Å². The fourth-order valence-electron chi connectivity index (χ4n) is 3.32. The Morgan fingerprint density at radius 3 is 2.45 bits per heavy atom. The molecule has 0 aliphatic rings. The Hall–Kier alpha value is -2.52. The maximum Gasteiger partial charge on any atom is 0.260 e. The van der Waals surface area contributed by atoms with Gasteiger partial charge in [-0.15, -0.1) is 0 Å². The van der Waals surface area contributed by atoms with Gasteiger partial charge in [0.15, 0.2) is 0 Å². The number of halogens is 3. The number of carbonyl (C=O) groups excluding carboxylic acids is 1. The summed E-state index contributed by atoms with van der Waals surface area (Å²) in [5.41, 5.74) is 5.78. The first-order chi connectivity index (χ1) is 15.5. The lowest BCUT2D eigenvalue weighted by Crippen LogP contribution is -2.39. The average molecular weight is 528 g/mol. The first-order valence-electron chi connectivity index (χ1n) is 9.67. The van der Waals surface area contributed by atoms with E-state index in [-0.39, 0.29) is 10.7 Å². The molecule has 33 heavy (non-hydrogen) atoms. The second-order valence-electron chi connectivity index (χ2n) is 7.27. The molecule has 0 bridgehead atoms. The monoisotopic (exact) mass is 526 g/mol. The van der Waals surface area contributed by atoms with E-state index in [2.05, 4.69) is 10.5 Å². The van der Waals surface area contributed by atoms with Crippen LogP contribution in [0.4, 0.5) is 5.69 Å². The number of benzene rings is 2. The molecule has 0 fully saturated rings. The molecule has 174 valence electrons. The van der Waals surface area contributed by atoms with E-state index >= 15 is 0 Å². The SMILES string of the molecule is Cc1cc(/C=N\NC(=O)CN(c2ccccc2Cl)S(C)(=O)=O)c(C)n1-c1cc(Cl)ccc1Cl. The minimum Gasteiger partial charge on any atom is -0.316 e. The minimum atomic E-state index is -3.75. The van der Waals surface area contributed by atoms with Crippen molar-refractivity contribution < 1.29 is 13.2 Å². The van der Waals surface area contributed by atoms with E-state index in [4.69, 9.17) is 34.8 Å². The Kier molecular flexibility index (Phi) is 7.74. The zero-order valence-electron chi connectivity index (χ0n) is 18.0. The number of hydrogen-bond acceptors (Lipinski definition) is 4. The molecule has 1 aromatic heterocycles. The molecule has 3 rings (SSSR count). The van der Waals surface area contributed by atoms with Crippen LogP contribution in [0.2, 0.25) is 15.1 Å². The van der Waals surface area contributed by atoms with E-state index in [1.165, 1.54) is 12.3 Å². The van der Waals surface area contributed by atoms with Gasteiger partial charge in [-0.1, -0.05) is 46.9 Å². The molecule has 3 aromatic rings. The van der Waals surface area contributed by atoms with Crippen LogP contribution >= 0.6 is 34.8 Å². The van der Waals surface area contributed by atoms with Crippen molar-refractivity contribution in [2.24, 2.45) is 5.10 Å². The highest BCUT2D eigenvalue weighted by Gasteiger charge is 2.22. The number of anilines is 1. The highest BCUT2D eigenvalue weighted by atomic mass is 35.5. The fraction of sp³-hybridized carbons (Fsp3) is 0.182. The molecule has 7 nitrogen and oxygen atoms in total. The predicted molar refractivity (Wildman–Crippen MR) is 135 cm³/mol. The third-order valence-electron chi connectivity index (χ3n) is 4.82. The van der Waals surface area contributed by atoms with E-state index < -0.39 is 22.5 Å². The van der Waals surface area contributed by atoms with Crippen molar-refractivity contribution in [3.8, 4) is 5.69 Å². The lowest BCUT2D eigenvalue weighted by atomic mass is 10.2. The normalized spacial score (nSPS) is 11.7. The van der Waals surface area contributed by atoms with Crippen molar-refractivity contribution in [1.29, 1.82) is 0 Å². The number of rotatable bonds is 7. The number of aryl methyl sites for hydroxylation is 1. The molecule has 1 amide bonds. The summed E-state index contributed by atoms with van der Waals surface area (Å²) in [6.45, 7) is 3.32. The lowest BCUT2D eigenvalue weighted by molar-refractivity contribution is -0.119. The van der Waals surface area contributed by atoms with Gasteiger partial charge in [-0.3, -0.25) is 9.10 Å². The number of aromatic nitrogens is 1. The number of para-hydroxylation sites is 1. The molecule has 1 N–H and O–H groups in total. The highest BCUT2D eigenvalue weighted by molar-refractivity contribution is 7.92. The first-order valence-corrected chi connectivity index (χ1v) is 12.7. The first kappa shape index (κ1) is 25.1. The number of amides is 1. The zero-order chi connectivity index (χ0) is 24.3. The van der Waals surface area contributed by atoms with Gasteiger partial charge < -0.3 is 4.57 Å². The zero-order valence-corrected chi connectivity index (χ0v) is 21.1. The third kappa shape index (κ3) is 5.89. The smallest absolute Gasteiger partial charge is 0.260 e. The van der Waals surface area contributed by atoms with E-state index in [1.54, 1.807) is 36.4 Å². The Balaban J connectivity index is 1.78.